The summed E-state index contributed by atoms with van der Waals surface area (Å²) in [5.41, 5.74) is 3.08. The van der Waals surface area contributed by atoms with Crippen molar-refractivity contribution in [3.8, 4) is 16.3 Å². The van der Waals surface area contributed by atoms with Crippen LogP contribution in [0.1, 0.15) is 34.9 Å². The number of anilines is 1. The maximum absolute atomic E-state index is 12.9. The predicted octanol–water partition coefficient (Wildman–Crippen LogP) is 4.74. The van der Waals surface area contributed by atoms with Crippen molar-refractivity contribution in [2.75, 3.05) is 5.32 Å². The zero-order valence-electron chi connectivity index (χ0n) is 14.4. The molecular formula is C18H13BrN6OS2. The van der Waals surface area contributed by atoms with Crippen LogP contribution in [0.25, 0.3) is 16.3 Å². The topological polar surface area (TPSA) is 85.6 Å². The Morgan fingerprint density at radius 3 is 2.68 bits per heavy atom. The maximum atomic E-state index is 12.9. The molecule has 0 aliphatic heterocycles. The number of hydrogen-bond donors (Lipinski definition) is 1. The van der Waals surface area contributed by atoms with Gasteiger partial charge in [0.1, 0.15) is 5.01 Å². The third-order valence-corrected chi connectivity index (χ3v) is 6.47. The zero-order chi connectivity index (χ0) is 19.1. The number of thiophene rings is 1. The van der Waals surface area contributed by atoms with Crippen LogP contribution in [0, 0.1) is 0 Å². The standard InChI is InChI=1S/C18H13BrN6OS2/c19-12-3-5-13(6-4-12)25-15(10-1-2-10)14(21-24-25)16(26)20-18-23-22-17(28-18)11-7-8-27-9-11/h3-10H,1-2H2,(H,20,23,26). The zero-order valence-corrected chi connectivity index (χ0v) is 17.6. The molecule has 0 bridgehead atoms. The van der Waals surface area contributed by atoms with Gasteiger partial charge in [0.15, 0.2) is 5.69 Å². The van der Waals surface area contributed by atoms with Gasteiger partial charge in [0.25, 0.3) is 5.91 Å². The molecule has 140 valence electrons. The van der Waals surface area contributed by atoms with Crippen molar-refractivity contribution >= 4 is 49.6 Å². The van der Waals surface area contributed by atoms with Crippen molar-refractivity contribution in [3.05, 3.63) is 57.0 Å². The molecule has 0 spiro atoms. The van der Waals surface area contributed by atoms with Gasteiger partial charge in [0.05, 0.1) is 11.4 Å². The SMILES string of the molecule is O=C(Nc1nnc(-c2ccsc2)s1)c1nnn(-c2ccc(Br)cc2)c1C1CC1. The molecule has 1 fully saturated rings. The van der Waals surface area contributed by atoms with Gasteiger partial charge in [0, 0.05) is 21.3 Å². The summed E-state index contributed by atoms with van der Waals surface area (Å²) in [4.78, 5) is 12.9. The molecule has 1 N–H and O–H groups in total. The summed E-state index contributed by atoms with van der Waals surface area (Å²) in [7, 11) is 0. The molecule has 0 radical (unpaired) electrons. The molecule has 1 aliphatic carbocycles. The Balaban J connectivity index is 1.43. The lowest BCUT2D eigenvalue weighted by Crippen LogP contribution is -2.15. The van der Waals surface area contributed by atoms with E-state index in [0.29, 0.717) is 16.7 Å². The molecule has 28 heavy (non-hydrogen) atoms. The maximum Gasteiger partial charge on any atom is 0.279 e. The highest BCUT2D eigenvalue weighted by atomic mass is 79.9. The molecular weight excluding hydrogens is 460 g/mol. The first-order valence-electron chi connectivity index (χ1n) is 8.58. The Kier molecular flexibility index (Phi) is 4.53. The molecule has 7 nitrogen and oxygen atoms in total. The summed E-state index contributed by atoms with van der Waals surface area (Å²) in [6.07, 6.45) is 2.07. The molecule has 5 rings (SSSR count). The third kappa shape index (κ3) is 3.38. The largest absolute Gasteiger partial charge is 0.295 e. The quantitative estimate of drug-likeness (QED) is 0.453. The van der Waals surface area contributed by atoms with Crippen LogP contribution in [-0.4, -0.2) is 31.1 Å². The highest BCUT2D eigenvalue weighted by Gasteiger charge is 2.34. The van der Waals surface area contributed by atoms with Crippen LogP contribution in [0.3, 0.4) is 0 Å². The molecule has 1 aromatic carbocycles. The van der Waals surface area contributed by atoms with E-state index in [4.69, 9.17) is 0 Å². The van der Waals surface area contributed by atoms with Gasteiger partial charge >= 0.3 is 0 Å². The van der Waals surface area contributed by atoms with Crippen molar-refractivity contribution in [1.82, 2.24) is 25.2 Å². The fourth-order valence-electron chi connectivity index (χ4n) is 2.88. The van der Waals surface area contributed by atoms with Crippen LogP contribution in [0.5, 0.6) is 0 Å². The van der Waals surface area contributed by atoms with E-state index in [1.807, 2.05) is 41.1 Å². The minimum Gasteiger partial charge on any atom is -0.295 e. The average Bonchev–Trinajstić information content (AvgIpc) is 3.12. The summed E-state index contributed by atoms with van der Waals surface area (Å²) in [6, 6.07) is 9.77. The molecule has 0 unspecified atom stereocenters. The van der Waals surface area contributed by atoms with Crippen LogP contribution in [-0.2, 0) is 0 Å². The van der Waals surface area contributed by atoms with Gasteiger partial charge in [-0.1, -0.05) is 32.5 Å². The first-order valence-corrected chi connectivity index (χ1v) is 11.1. The summed E-state index contributed by atoms with van der Waals surface area (Å²) in [5, 5.41) is 24.7. The fraction of sp³-hybridized carbons (Fsp3) is 0.167. The molecule has 10 heteroatoms. The summed E-state index contributed by atoms with van der Waals surface area (Å²) >= 11 is 6.38. The number of nitrogens with one attached hydrogen (secondary N) is 1. The minimum atomic E-state index is -0.307. The van der Waals surface area contributed by atoms with Gasteiger partial charge in [-0.3, -0.25) is 10.1 Å². The van der Waals surface area contributed by atoms with Crippen molar-refractivity contribution in [3.63, 3.8) is 0 Å². The number of benzene rings is 1. The second-order valence-electron chi connectivity index (χ2n) is 6.36. The van der Waals surface area contributed by atoms with Crippen molar-refractivity contribution in [2.45, 2.75) is 18.8 Å². The van der Waals surface area contributed by atoms with Crippen molar-refractivity contribution in [1.29, 1.82) is 0 Å². The Morgan fingerprint density at radius 1 is 1.14 bits per heavy atom. The van der Waals surface area contributed by atoms with E-state index in [1.54, 1.807) is 16.0 Å². The van der Waals surface area contributed by atoms with E-state index in [1.165, 1.54) is 11.3 Å². The lowest BCUT2D eigenvalue weighted by Gasteiger charge is -2.07. The third-order valence-electron chi connectivity index (χ3n) is 4.37. The van der Waals surface area contributed by atoms with Gasteiger partial charge in [-0.25, -0.2) is 4.68 Å². The van der Waals surface area contributed by atoms with Crippen molar-refractivity contribution < 1.29 is 4.79 Å². The highest BCUT2D eigenvalue weighted by Crippen LogP contribution is 2.42. The lowest BCUT2D eigenvalue weighted by atomic mass is 10.2. The van der Waals surface area contributed by atoms with E-state index in [0.717, 1.165) is 39.3 Å². The number of carbonyl (C=O) groups excluding carboxylic acids is 1. The normalized spacial score (nSPS) is 13.6. The van der Waals surface area contributed by atoms with Gasteiger partial charge < -0.3 is 0 Å². The summed E-state index contributed by atoms with van der Waals surface area (Å²) in [5.74, 6) is -0.00605. The molecule has 1 amide bonds. The second kappa shape index (κ2) is 7.19. The second-order valence-corrected chi connectivity index (χ2v) is 9.04. The Morgan fingerprint density at radius 2 is 1.96 bits per heavy atom. The van der Waals surface area contributed by atoms with Crippen LogP contribution in [0.4, 0.5) is 5.13 Å². The van der Waals surface area contributed by atoms with E-state index in [2.05, 4.69) is 41.8 Å². The lowest BCUT2D eigenvalue weighted by molar-refractivity contribution is 0.102. The van der Waals surface area contributed by atoms with E-state index < -0.39 is 0 Å². The van der Waals surface area contributed by atoms with E-state index in [9.17, 15) is 4.79 Å². The number of amides is 1. The van der Waals surface area contributed by atoms with Crippen LogP contribution < -0.4 is 5.32 Å². The Bertz CT molecular complexity index is 1130. The first kappa shape index (κ1) is 17.7. The first-order chi connectivity index (χ1) is 13.7. The number of rotatable bonds is 5. The van der Waals surface area contributed by atoms with Crippen molar-refractivity contribution in [2.24, 2.45) is 0 Å². The summed E-state index contributed by atoms with van der Waals surface area (Å²) in [6.45, 7) is 0. The Hall–Kier alpha value is -2.43. The monoisotopic (exact) mass is 472 g/mol. The van der Waals surface area contributed by atoms with E-state index >= 15 is 0 Å². The Labute approximate surface area is 176 Å². The number of hydrogen-bond acceptors (Lipinski definition) is 7. The fourth-order valence-corrected chi connectivity index (χ4v) is 4.59. The van der Waals surface area contributed by atoms with Gasteiger partial charge in [-0.05, 0) is 48.6 Å². The number of nitrogens with zero attached hydrogens (tertiary/aromatic N) is 5. The van der Waals surface area contributed by atoms with E-state index in [-0.39, 0.29) is 5.91 Å². The average molecular weight is 473 g/mol. The predicted molar refractivity (Wildman–Crippen MR) is 112 cm³/mol. The molecule has 1 aliphatic rings. The molecule has 0 atom stereocenters. The van der Waals surface area contributed by atoms with Crippen LogP contribution in [0.2, 0.25) is 0 Å². The highest BCUT2D eigenvalue weighted by molar-refractivity contribution is 9.10. The number of carbonyl (C=O) groups is 1. The van der Waals surface area contributed by atoms with Crippen LogP contribution >= 0.6 is 38.6 Å². The van der Waals surface area contributed by atoms with Gasteiger partial charge in [-0.2, -0.15) is 11.3 Å². The molecule has 4 aromatic rings. The van der Waals surface area contributed by atoms with Gasteiger partial charge in [0.2, 0.25) is 5.13 Å². The molecule has 1 saturated carbocycles. The molecule has 3 heterocycles. The van der Waals surface area contributed by atoms with Crippen LogP contribution in [0.15, 0.2) is 45.6 Å². The minimum absolute atomic E-state index is 0.301. The molecule has 0 saturated heterocycles. The smallest absolute Gasteiger partial charge is 0.279 e. The summed E-state index contributed by atoms with van der Waals surface area (Å²) < 4.78 is 2.75. The molecule has 3 aromatic heterocycles. The number of halogens is 1. The number of aromatic nitrogens is 5. The van der Waals surface area contributed by atoms with Gasteiger partial charge in [-0.15, -0.1) is 15.3 Å².